The van der Waals surface area contributed by atoms with E-state index in [1.54, 1.807) is 0 Å². The molecule has 96 valence electrons. The molecule has 1 fully saturated rings. The number of hydrogen-bond acceptors (Lipinski definition) is 3. The van der Waals surface area contributed by atoms with Gasteiger partial charge in [0.1, 0.15) is 0 Å². The Labute approximate surface area is 100 Å². The second kappa shape index (κ2) is 8.04. The largest absolute Gasteiger partial charge is 0.395 e. The predicted octanol–water partition coefficient (Wildman–Crippen LogP) is 1.57. The molecule has 0 aromatic heterocycles. The van der Waals surface area contributed by atoms with E-state index in [2.05, 4.69) is 23.9 Å². The molecule has 0 heterocycles. The van der Waals surface area contributed by atoms with Crippen LogP contribution in [0.1, 0.15) is 38.5 Å². The third-order valence-corrected chi connectivity index (χ3v) is 3.53. The number of rotatable bonds is 7. The molecule has 1 N–H and O–H groups in total. The maximum absolute atomic E-state index is 9.12. The zero-order valence-corrected chi connectivity index (χ0v) is 11.0. The van der Waals surface area contributed by atoms with Gasteiger partial charge in [-0.1, -0.05) is 19.3 Å². The Morgan fingerprint density at radius 1 is 1.00 bits per heavy atom. The highest BCUT2D eigenvalue weighted by Gasteiger charge is 2.19. The first-order valence-corrected chi connectivity index (χ1v) is 6.73. The van der Waals surface area contributed by atoms with E-state index in [-0.39, 0.29) is 0 Å². The van der Waals surface area contributed by atoms with Gasteiger partial charge in [-0.3, -0.25) is 4.90 Å². The average Bonchev–Trinajstić information content (AvgIpc) is 2.29. The van der Waals surface area contributed by atoms with Gasteiger partial charge in [-0.05, 0) is 46.4 Å². The molecule has 0 atom stereocenters. The van der Waals surface area contributed by atoms with E-state index in [0.29, 0.717) is 6.61 Å². The summed E-state index contributed by atoms with van der Waals surface area (Å²) in [5.41, 5.74) is 0. The van der Waals surface area contributed by atoms with E-state index in [9.17, 15) is 0 Å². The van der Waals surface area contributed by atoms with Gasteiger partial charge in [-0.2, -0.15) is 0 Å². The maximum atomic E-state index is 9.12. The molecule has 0 amide bonds. The van der Waals surface area contributed by atoms with Gasteiger partial charge in [0.25, 0.3) is 0 Å². The molecule has 0 spiro atoms. The summed E-state index contributed by atoms with van der Waals surface area (Å²) in [6.45, 7) is 3.45. The highest BCUT2D eigenvalue weighted by atomic mass is 16.3. The molecule has 1 saturated carbocycles. The van der Waals surface area contributed by atoms with Crippen molar-refractivity contribution in [1.82, 2.24) is 9.80 Å². The van der Waals surface area contributed by atoms with Gasteiger partial charge in [0, 0.05) is 12.6 Å². The summed E-state index contributed by atoms with van der Waals surface area (Å²) in [6, 6.07) is 0.739. The van der Waals surface area contributed by atoms with Crippen LogP contribution < -0.4 is 0 Å². The molecule has 0 saturated heterocycles. The Bertz CT molecular complexity index is 167. The molecule has 3 heteroatoms. The van der Waals surface area contributed by atoms with E-state index >= 15 is 0 Å². The van der Waals surface area contributed by atoms with Crippen molar-refractivity contribution >= 4 is 0 Å². The van der Waals surface area contributed by atoms with Crippen molar-refractivity contribution in [2.45, 2.75) is 44.6 Å². The van der Waals surface area contributed by atoms with Gasteiger partial charge in [0.15, 0.2) is 0 Å². The summed E-state index contributed by atoms with van der Waals surface area (Å²) < 4.78 is 0. The highest BCUT2D eigenvalue weighted by molar-refractivity contribution is 4.75. The molecule has 1 aliphatic carbocycles. The number of aliphatic hydroxyl groups is 1. The monoisotopic (exact) mass is 228 g/mol. The molecule has 1 rings (SSSR count). The lowest BCUT2D eigenvalue weighted by Gasteiger charge is -2.34. The fraction of sp³-hybridized carbons (Fsp3) is 1.00. The first kappa shape index (κ1) is 13.9. The van der Waals surface area contributed by atoms with Crippen LogP contribution in [0.5, 0.6) is 0 Å². The SMILES string of the molecule is CN(C)CCCN(CCO)C1CCCCC1. The van der Waals surface area contributed by atoms with Crippen molar-refractivity contribution < 1.29 is 5.11 Å². The summed E-state index contributed by atoms with van der Waals surface area (Å²) in [6.07, 6.45) is 8.04. The third-order valence-electron chi connectivity index (χ3n) is 3.53. The molecule has 3 nitrogen and oxygen atoms in total. The predicted molar refractivity (Wildman–Crippen MR) is 68.7 cm³/mol. The molecular weight excluding hydrogens is 200 g/mol. The van der Waals surface area contributed by atoms with Crippen LogP contribution in [0.2, 0.25) is 0 Å². The van der Waals surface area contributed by atoms with Gasteiger partial charge in [0.2, 0.25) is 0 Å². The van der Waals surface area contributed by atoms with E-state index in [4.69, 9.17) is 5.11 Å². The summed E-state index contributed by atoms with van der Waals surface area (Å²) >= 11 is 0. The van der Waals surface area contributed by atoms with Crippen molar-refractivity contribution in [2.75, 3.05) is 40.3 Å². The van der Waals surface area contributed by atoms with E-state index < -0.39 is 0 Å². The van der Waals surface area contributed by atoms with Crippen molar-refractivity contribution in [3.05, 3.63) is 0 Å². The molecule has 0 aromatic rings. The molecular formula is C13H28N2O. The second-order valence-corrected chi connectivity index (χ2v) is 5.21. The lowest BCUT2D eigenvalue weighted by atomic mass is 9.94. The summed E-state index contributed by atoms with van der Waals surface area (Å²) in [4.78, 5) is 4.74. The molecule has 0 radical (unpaired) electrons. The smallest absolute Gasteiger partial charge is 0.0558 e. The van der Waals surface area contributed by atoms with Crippen LogP contribution in [0.15, 0.2) is 0 Å². The first-order chi connectivity index (χ1) is 7.74. The minimum atomic E-state index is 0.304. The zero-order valence-electron chi connectivity index (χ0n) is 11.0. The normalized spacial score (nSPS) is 18.6. The van der Waals surface area contributed by atoms with Crippen molar-refractivity contribution in [1.29, 1.82) is 0 Å². The summed E-state index contributed by atoms with van der Waals surface area (Å²) in [5.74, 6) is 0. The maximum Gasteiger partial charge on any atom is 0.0558 e. The summed E-state index contributed by atoms with van der Waals surface area (Å²) in [5, 5.41) is 9.12. The molecule has 0 bridgehead atoms. The Morgan fingerprint density at radius 2 is 1.69 bits per heavy atom. The average molecular weight is 228 g/mol. The molecule has 0 aromatic carbocycles. The third kappa shape index (κ3) is 5.28. The first-order valence-electron chi connectivity index (χ1n) is 6.73. The van der Waals surface area contributed by atoms with Crippen LogP contribution in [0.25, 0.3) is 0 Å². The Hall–Kier alpha value is -0.120. The molecule has 0 aliphatic heterocycles. The Balaban J connectivity index is 2.27. The number of hydrogen-bond donors (Lipinski definition) is 1. The van der Waals surface area contributed by atoms with Gasteiger partial charge in [0.05, 0.1) is 6.61 Å². The van der Waals surface area contributed by atoms with Gasteiger partial charge >= 0.3 is 0 Å². The topological polar surface area (TPSA) is 26.7 Å². The van der Waals surface area contributed by atoms with Crippen LogP contribution in [-0.2, 0) is 0 Å². The van der Waals surface area contributed by atoms with Crippen LogP contribution in [-0.4, -0.2) is 61.3 Å². The van der Waals surface area contributed by atoms with Crippen molar-refractivity contribution in [3.63, 3.8) is 0 Å². The fourth-order valence-corrected chi connectivity index (χ4v) is 2.64. The van der Waals surface area contributed by atoms with Gasteiger partial charge in [-0.15, -0.1) is 0 Å². The standard InChI is InChI=1S/C13H28N2O/c1-14(2)9-6-10-15(11-12-16)13-7-4-3-5-8-13/h13,16H,3-12H2,1-2H3. The van der Waals surface area contributed by atoms with Gasteiger partial charge < -0.3 is 10.0 Å². The lowest BCUT2D eigenvalue weighted by molar-refractivity contribution is 0.120. The molecule has 1 aliphatic rings. The highest BCUT2D eigenvalue weighted by Crippen LogP contribution is 2.22. The van der Waals surface area contributed by atoms with Crippen molar-refractivity contribution in [3.8, 4) is 0 Å². The molecule has 16 heavy (non-hydrogen) atoms. The van der Waals surface area contributed by atoms with Crippen LogP contribution in [0, 0.1) is 0 Å². The molecule has 0 unspecified atom stereocenters. The quantitative estimate of drug-likeness (QED) is 0.716. The lowest BCUT2D eigenvalue weighted by Crippen LogP contribution is -2.40. The van der Waals surface area contributed by atoms with E-state index in [1.807, 2.05) is 0 Å². The minimum Gasteiger partial charge on any atom is -0.395 e. The summed E-state index contributed by atoms with van der Waals surface area (Å²) in [7, 11) is 4.24. The van der Waals surface area contributed by atoms with Gasteiger partial charge in [-0.25, -0.2) is 0 Å². The zero-order chi connectivity index (χ0) is 11.8. The van der Waals surface area contributed by atoms with Crippen molar-refractivity contribution in [2.24, 2.45) is 0 Å². The van der Waals surface area contributed by atoms with Crippen LogP contribution in [0.3, 0.4) is 0 Å². The Morgan fingerprint density at radius 3 is 2.25 bits per heavy atom. The number of aliphatic hydroxyl groups excluding tert-OH is 1. The second-order valence-electron chi connectivity index (χ2n) is 5.21. The van der Waals surface area contributed by atoms with E-state index in [1.165, 1.54) is 38.5 Å². The van der Waals surface area contributed by atoms with Crippen LogP contribution in [0.4, 0.5) is 0 Å². The fourth-order valence-electron chi connectivity index (χ4n) is 2.64. The minimum absolute atomic E-state index is 0.304. The van der Waals surface area contributed by atoms with E-state index in [0.717, 1.165) is 25.7 Å². The van der Waals surface area contributed by atoms with Crippen LogP contribution >= 0.6 is 0 Å². The Kier molecular flexibility index (Phi) is 7.01. The number of nitrogens with zero attached hydrogens (tertiary/aromatic N) is 2.